The van der Waals surface area contributed by atoms with E-state index < -0.39 is 0 Å². The molecule has 5 nitrogen and oxygen atoms in total. The van der Waals surface area contributed by atoms with E-state index >= 15 is 0 Å². The monoisotopic (exact) mass is 275 g/mol. The Bertz CT molecular complexity index is 633. The Kier molecular flexibility index (Phi) is 3.83. The fourth-order valence-corrected chi connectivity index (χ4v) is 1.71. The molecule has 2 rings (SSSR count). The highest BCUT2D eigenvalue weighted by Gasteiger charge is 2.06. The molecule has 0 atom stereocenters. The lowest BCUT2D eigenvalue weighted by molar-refractivity contribution is 0.407. The zero-order chi connectivity index (χ0) is 13.8. The largest absolute Gasteiger partial charge is 0.497 e. The minimum atomic E-state index is 0.110. The zero-order valence-electron chi connectivity index (χ0n) is 10.3. The fourth-order valence-electron chi connectivity index (χ4n) is 1.49. The normalized spacial score (nSPS) is 9.79. The maximum atomic E-state index is 8.93. The lowest BCUT2D eigenvalue weighted by Crippen LogP contribution is -1.94. The smallest absolute Gasteiger partial charge is 0.225 e. The second-order valence-corrected chi connectivity index (χ2v) is 4.07. The third kappa shape index (κ3) is 3.33. The molecule has 0 saturated heterocycles. The second-order valence-electron chi connectivity index (χ2n) is 3.73. The Hall–Kier alpha value is -2.32. The number of rotatable bonds is 3. The van der Waals surface area contributed by atoms with Crippen LogP contribution in [-0.4, -0.2) is 17.1 Å². The van der Waals surface area contributed by atoms with Crippen LogP contribution in [0.25, 0.3) is 0 Å². The molecule has 1 aromatic carbocycles. The Balaban J connectivity index is 2.35. The summed E-state index contributed by atoms with van der Waals surface area (Å²) >= 11 is 5.75. The van der Waals surface area contributed by atoms with Crippen LogP contribution in [0.1, 0.15) is 11.3 Å². The van der Waals surface area contributed by atoms with Gasteiger partial charge < -0.3 is 9.47 Å². The molecule has 0 bridgehead atoms. The first kappa shape index (κ1) is 13.1. The third-order valence-corrected chi connectivity index (χ3v) is 2.44. The van der Waals surface area contributed by atoms with Gasteiger partial charge in [0.25, 0.3) is 0 Å². The molecule has 0 aliphatic heterocycles. The summed E-state index contributed by atoms with van der Waals surface area (Å²) in [7, 11) is 1.52. The molecule has 0 aliphatic rings. The summed E-state index contributed by atoms with van der Waals surface area (Å²) < 4.78 is 10.7. The topological polar surface area (TPSA) is 68.0 Å². The molecule has 0 spiro atoms. The van der Waals surface area contributed by atoms with Gasteiger partial charge in [0.2, 0.25) is 11.2 Å². The van der Waals surface area contributed by atoms with E-state index in [0.717, 1.165) is 0 Å². The van der Waals surface area contributed by atoms with Crippen LogP contribution in [0.3, 0.4) is 0 Å². The maximum Gasteiger partial charge on any atom is 0.225 e. The minimum absolute atomic E-state index is 0.110. The van der Waals surface area contributed by atoms with Gasteiger partial charge in [-0.2, -0.15) is 10.2 Å². The number of nitrogens with zero attached hydrogens (tertiary/aromatic N) is 3. The standard InChI is InChI=1S/C13H10ClN3O2/c1-8-3-12(17-13(14)16-8)19-11-5-9(7-15)4-10(6-11)18-2/h3-6H,1-2H3. The molecule has 0 fully saturated rings. The molecule has 19 heavy (non-hydrogen) atoms. The molecule has 0 N–H and O–H groups in total. The number of aromatic nitrogens is 2. The molecule has 96 valence electrons. The molecule has 6 heteroatoms. The Morgan fingerprint density at radius 2 is 1.89 bits per heavy atom. The maximum absolute atomic E-state index is 8.93. The van der Waals surface area contributed by atoms with E-state index in [1.165, 1.54) is 7.11 Å². The lowest BCUT2D eigenvalue weighted by atomic mass is 10.2. The van der Waals surface area contributed by atoms with Crippen LogP contribution in [-0.2, 0) is 0 Å². The van der Waals surface area contributed by atoms with Gasteiger partial charge in [0.05, 0.1) is 18.7 Å². The number of ether oxygens (including phenoxy) is 2. The van der Waals surface area contributed by atoms with Crippen molar-refractivity contribution in [3.8, 4) is 23.4 Å². The first-order chi connectivity index (χ1) is 9.10. The molecule has 0 radical (unpaired) electrons. The summed E-state index contributed by atoms with van der Waals surface area (Å²) in [5, 5.41) is 9.04. The van der Waals surface area contributed by atoms with Crippen LogP contribution in [0.2, 0.25) is 5.28 Å². The van der Waals surface area contributed by atoms with Crippen molar-refractivity contribution in [2.45, 2.75) is 6.92 Å². The van der Waals surface area contributed by atoms with Gasteiger partial charge in [-0.1, -0.05) is 0 Å². The Morgan fingerprint density at radius 1 is 1.16 bits per heavy atom. The number of nitriles is 1. The van der Waals surface area contributed by atoms with Crippen LogP contribution < -0.4 is 9.47 Å². The number of aryl methyl sites for hydroxylation is 1. The molecule has 1 aromatic heterocycles. The van der Waals surface area contributed by atoms with Gasteiger partial charge in [-0.05, 0) is 30.7 Å². The van der Waals surface area contributed by atoms with Crippen LogP contribution in [0.15, 0.2) is 24.3 Å². The second kappa shape index (κ2) is 5.55. The van der Waals surface area contributed by atoms with Crippen LogP contribution >= 0.6 is 11.6 Å². The Labute approximate surface area is 115 Å². The minimum Gasteiger partial charge on any atom is -0.497 e. The van der Waals surface area contributed by atoms with E-state index in [1.807, 2.05) is 6.07 Å². The molecule has 0 saturated carbocycles. The van der Waals surface area contributed by atoms with Crippen molar-refractivity contribution in [2.75, 3.05) is 7.11 Å². The summed E-state index contributed by atoms with van der Waals surface area (Å²) in [6, 6.07) is 8.55. The van der Waals surface area contributed by atoms with Gasteiger partial charge in [-0.3, -0.25) is 0 Å². The average molecular weight is 276 g/mol. The molecule has 2 aromatic rings. The lowest BCUT2D eigenvalue weighted by Gasteiger charge is -2.08. The molecular formula is C13H10ClN3O2. The van der Waals surface area contributed by atoms with E-state index in [1.54, 1.807) is 31.2 Å². The van der Waals surface area contributed by atoms with E-state index in [-0.39, 0.29) is 5.28 Å². The number of hydrogen-bond acceptors (Lipinski definition) is 5. The van der Waals surface area contributed by atoms with Gasteiger partial charge in [0.1, 0.15) is 11.5 Å². The first-order valence-electron chi connectivity index (χ1n) is 5.39. The van der Waals surface area contributed by atoms with E-state index in [0.29, 0.717) is 28.6 Å². The third-order valence-electron chi connectivity index (χ3n) is 2.27. The van der Waals surface area contributed by atoms with Crippen molar-refractivity contribution in [2.24, 2.45) is 0 Å². The van der Waals surface area contributed by atoms with Crippen LogP contribution in [0.4, 0.5) is 0 Å². The Morgan fingerprint density at radius 3 is 2.53 bits per heavy atom. The summed E-state index contributed by atoms with van der Waals surface area (Å²) in [6.45, 7) is 1.78. The highest BCUT2D eigenvalue weighted by Crippen LogP contribution is 2.26. The van der Waals surface area contributed by atoms with Gasteiger partial charge in [-0.15, -0.1) is 0 Å². The van der Waals surface area contributed by atoms with E-state index in [4.69, 9.17) is 26.3 Å². The molecular weight excluding hydrogens is 266 g/mol. The predicted molar refractivity (Wildman–Crippen MR) is 69.6 cm³/mol. The van der Waals surface area contributed by atoms with Crippen molar-refractivity contribution >= 4 is 11.6 Å². The van der Waals surface area contributed by atoms with Crippen molar-refractivity contribution in [1.29, 1.82) is 5.26 Å². The first-order valence-corrected chi connectivity index (χ1v) is 5.77. The van der Waals surface area contributed by atoms with Gasteiger partial charge in [-0.25, -0.2) is 4.98 Å². The van der Waals surface area contributed by atoms with Crippen molar-refractivity contribution in [3.63, 3.8) is 0 Å². The summed E-state index contributed by atoms with van der Waals surface area (Å²) in [5.41, 5.74) is 1.13. The highest BCUT2D eigenvalue weighted by molar-refractivity contribution is 6.28. The van der Waals surface area contributed by atoms with Gasteiger partial charge in [0, 0.05) is 17.8 Å². The molecule has 1 heterocycles. The fraction of sp³-hybridized carbons (Fsp3) is 0.154. The SMILES string of the molecule is COc1cc(C#N)cc(Oc2cc(C)nc(Cl)n2)c1. The van der Waals surface area contributed by atoms with Crippen LogP contribution in [0.5, 0.6) is 17.4 Å². The van der Waals surface area contributed by atoms with Crippen LogP contribution in [0, 0.1) is 18.3 Å². The number of halogens is 1. The summed E-state index contributed by atoms with van der Waals surface area (Å²) in [5.74, 6) is 1.30. The number of hydrogen-bond donors (Lipinski definition) is 0. The highest BCUT2D eigenvalue weighted by atomic mass is 35.5. The van der Waals surface area contributed by atoms with Gasteiger partial charge in [0.15, 0.2) is 0 Å². The number of benzene rings is 1. The van der Waals surface area contributed by atoms with E-state index in [2.05, 4.69) is 9.97 Å². The van der Waals surface area contributed by atoms with Crippen molar-refractivity contribution < 1.29 is 9.47 Å². The molecule has 0 aliphatic carbocycles. The summed E-state index contributed by atoms with van der Waals surface area (Å²) in [6.07, 6.45) is 0. The van der Waals surface area contributed by atoms with Crippen molar-refractivity contribution in [3.05, 3.63) is 40.8 Å². The number of methoxy groups -OCH3 is 1. The average Bonchev–Trinajstić information content (AvgIpc) is 2.37. The quantitative estimate of drug-likeness (QED) is 0.805. The van der Waals surface area contributed by atoms with Crippen molar-refractivity contribution in [1.82, 2.24) is 9.97 Å². The van der Waals surface area contributed by atoms with Gasteiger partial charge >= 0.3 is 0 Å². The van der Waals surface area contributed by atoms with E-state index in [9.17, 15) is 0 Å². The molecule has 0 unspecified atom stereocenters. The zero-order valence-corrected chi connectivity index (χ0v) is 11.1. The predicted octanol–water partition coefficient (Wildman–Crippen LogP) is 3.11. The summed E-state index contributed by atoms with van der Waals surface area (Å²) in [4.78, 5) is 7.89. The molecule has 0 amide bonds.